The smallest absolute Gasteiger partial charge is 0.250 e. The first-order chi connectivity index (χ1) is 13.4. The third kappa shape index (κ3) is 4.37. The summed E-state index contributed by atoms with van der Waals surface area (Å²) in [4.78, 5) is 23.9. The van der Waals surface area contributed by atoms with Gasteiger partial charge in [0.25, 0.3) is 0 Å². The van der Waals surface area contributed by atoms with E-state index in [-0.39, 0.29) is 17.2 Å². The van der Waals surface area contributed by atoms with Gasteiger partial charge in [0.15, 0.2) is 11.0 Å². The highest BCUT2D eigenvalue weighted by Crippen LogP contribution is 2.28. The number of hydrogen-bond acceptors (Lipinski definition) is 6. The number of methoxy groups -OCH3 is 1. The third-order valence-electron chi connectivity index (χ3n) is 3.95. The molecule has 0 aliphatic heterocycles. The molecule has 0 bridgehead atoms. The molecule has 146 valence electrons. The molecule has 3 aromatic rings. The summed E-state index contributed by atoms with van der Waals surface area (Å²) in [5.41, 5.74) is 1.16. The van der Waals surface area contributed by atoms with E-state index in [4.69, 9.17) is 16.3 Å². The highest BCUT2D eigenvalue weighted by molar-refractivity contribution is 7.99. The molecule has 2 aromatic heterocycles. The molecule has 2 heterocycles. The number of nitrogens with one attached hydrogen (secondary N) is 1. The number of carbonyl (C=O) groups is 1. The van der Waals surface area contributed by atoms with Gasteiger partial charge in [-0.2, -0.15) is 0 Å². The molecule has 0 radical (unpaired) electrons. The number of carbonyl (C=O) groups excluding carboxylic acids is 1. The van der Waals surface area contributed by atoms with Crippen LogP contribution in [0.1, 0.15) is 0 Å². The molecular weight excluding hydrogens is 402 g/mol. The van der Waals surface area contributed by atoms with Crippen molar-refractivity contribution in [3.05, 3.63) is 51.9 Å². The maximum atomic E-state index is 12.3. The zero-order valence-electron chi connectivity index (χ0n) is 15.5. The summed E-state index contributed by atoms with van der Waals surface area (Å²) < 4.78 is 8.47. The van der Waals surface area contributed by atoms with Gasteiger partial charge in [-0.05, 0) is 24.3 Å². The van der Waals surface area contributed by atoms with E-state index in [0.29, 0.717) is 27.4 Å². The second kappa shape index (κ2) is 8.49. The van der Waals surface area contributed by atoms with E-state index in [1.165, 1.54) is 29.5 Å². The van der Waals surface area contributed by atoms with Gasteiger partial charge in [0.05, 0.1) is 18.6 Å². The number of amides is 1. The molecule has 0 aliphatic carbocycles. The summed E-state index contributed by atoms with van der Waals surface area (Å²) in [6.07, 6.45) is 1.69. The van der Waals surface area contributed by atoms with Crippen LogP contribution in [-0.4, -0.2) is 38.1 Å². The number of benzene rings is 1. The van der Waals surface area contributed by atoms with Crippen molar-refractivity contribution >= 4 is 35.0 Å². The Labute approximate surface area is 170 Å². The summed E-state index contributed by atoms with van der Waals surface area (Å²) in [6, 6.07) is 8.17. The largest absolute Gasteiger partial charge is 0.495 e. The molecule has 28 heavy (non-hydrogen) atoms. The molecular formula is C18H18ClN5O3S. The summed E-state index contributed by atoms with van der Waals surface area (Å²) >= 11 is 7.23. The van der Waals surface area contributed by atoms with Crippen LogP contribution in [0.5, 0.6) is 5.75 Å². The fourth-order valence-electron chi connectivity index (χ4n) is 2.51. The highest BCUT2D eigenvalue weighted by Gasteiger charge is 2.14. The van der Waals surface area contributed by atoms with E-state index >= 15 is 0 Å². The fourth-order valence-corrected chi connectivity index (χ4v) is 3.40. The molecule has 3 rings (SSSR count). The van der Waals surface area contributed by atoms with Gasteiger partial charge in [0, 0.05) is 36.9 Å². The van der Waals surface area contributed by atoms with Gasteiger partial charge in [-0.15, -0.1) is 10.2 Å². The highest BCUT2D eigenvalue weighted by atomic mass is 35.5. The standard InChI is InChI=1S/C18H18ClN5O3S/c1-23-9-11(4-7-16(23)26)17-21-22-18(24(17)2)28-10-15(25)20-13-8-12(19)5-6-14(13)27-3/h4-9H,10H2,1-3H3,(H,20,25). The van der Waals surface area contributed by atoms with E-state index in [2.05, 4.69) is 15.5 Å². The molecule has 0 spiro atoms. The maximum Gasteiger partial charge on any atom is 0.250 e. The minimum absolute atomic E-state index is 0.103. The summed E-state index contributed by atoms with van der Waals surface area (Å²) in [6.45, 7) is 0. The number of anilines is 1. The molecule has 0 atom stereocenters. The van der Waals surface area contributed by atoms with Crippen LogP contribution in [0.3, 0.4) is 0 Å². The van der Waals surface area contributed by atoms with Gasteiger partial charge in [-0.1, -0.05) is 23.4 Å². The molecule has 8 nitrogen and oxygen atoms in total. The van der Waals surface area contributed by atoms with Crippen molar-refractivity contribution in [2.45, 2.75) is 5.16 Å². The predicted octanol–water partition coefficient (Wildman–Crippen LogP) is 2.57. The molecule has 1 amide bonds. The molecule has 0 unspecified atom stereocenters. The molecule has 0 aliphatic rings. The van der Waals surface area contributed by atoms with Crippen molar-refractivity contribution in [3.8, 4) is 17.1 Å². The lowest BCUT2D eigenvalue weighted by atomic mass is 10.2. The van der Waals surface area contributed by atoms with E-state index in [0.717, 1.165) is 5.56 Å². The summed E-state index contributed by atoms with van der Waals surface area (Å²) in [5.74, 6) is 1.04. The monoisotopic (exact) mass is 419 g/mol. The Morgan fingerprint density at radius 1 is 1.25 bits per heavy atom. The quantitative estimate of drug-likeness (QED) is 0.617. The summed E-state index contributed by atoms with van der Waals surface area (Å²) in [7, 11) is 5.00. The first-order valence-corrected chi connectivity index (χ1v) is 9.58. The van der Waals surface area contributed by atoms with Crippen molar-refractivity contribution in [1.82, 2.24) is 19.3 Å². The second-order valence-electron chi connectivity index (χ2n) is 5.91. The van der Waals surface area contributed by atoms with Gasteiger partial charge in [-0.25, -0.2) is 0 Å². The van der Waals surface area contributed by atoms with Crippen molar-refractivity contribution in [3.63, 3.8) is 0 Å². The Balaban J connectivity index is 1.69. The van der Waals surface area contributed by atoms with Crippen molar-refractivity contribution in [1.29, 1.82) is 0 Å². The first-order valence-electron chi connectivity index (χ1n) is 8.21. The van der Waals surface area contributed by atoms with Gasteiger partial charge in [0.1, 0.15) is 5.75 Å². The van der Waals surface area contributed by atoms with E-state index in [9.17, 15) is 9.59 Å². The van der Waals surface area contributed by atoms with Crippen LogP contribution in [0.15, 0.2) is 46.5 Å². The van der Waals surface area contributed by atoms with Crippen molar-refractivity contribution in [2.75, 3.05) is 18.2 Å². The van der Waals surface area contributed by atoms with E-state index in [1.807, 2.05) is 0 Å². The Morgan fingerprint density at radius 2 is 2.04 bits per heavy atom. The van der Waals surface area contributed by atoms with Crippen LogP contribution < -0.4 is 15.6 Å². The molecule has 1 N–H and O–H groups in total. The van der Waals surface area contributed by atoms with Crippen molar-refractivity contribution < 1.29 is 9.53 Å². The van der Waals surface area contributed by atoms with E-state index in [1.54, 1.807) is 49.1 Å². The van der Waals surface area contributed by atoms with Crippen LogP contribution >= 0.6 is 23.4 Å². The molecule has 0 fully saturated rings. The van der Waals surface area contributed by atoms with Crippen LogP contribution in [0, 0.1) is 0 Å². The third-order valence-corrected chi connectivity index (χ3v) is 5.20. The number of thioether (sulfide) groups is 1. The Hall–Kier alpha value is -2.78. The Kier molecular flexibility index (Phi) is 6.05. The number of nitrogens with zero attached hydrogens (tertiary/aromatic N) is 4. The number of aryl methyl sites for hydroxylation is 1. The lowest BCUT2D eigenvalue weighted by Gasteiger charge is -2.10. The molecule has 10 heteroatoms. The van der Waals surface area contributed by atoms with Gasteiger partial charge < -0.3 is 19.2 Å². The van der Waals surface area contributed by atoms with Crippen LogP contribution in [0.4, 0.5) is 5.69 Å². The normalized spacial score (nSPS) is 10.7. The molecule has 0 saturated heterocycles. The minimum Gasteiger partial charge on any atom is -0.495 e. The van der Waals surface area contributed by atoms with Crippen LogP contribution in [0.2, 0.25) is 5.02 Å². The average Bonchev–Trinajstić information content (AvgIpc) is 3.03. The first kappa shape index (κ1) is 20.0. The van der Waals surface area contributed by atoms with Crippen molar-refractivity contribution in [2.24, 2.45) is 14.1 Å². The number of ether oxygens (including phenoxy) is 1. The van der Waals surface area contributed by atoms with Crippen LogP contribution in [0.25, 0.3) is 11.4 Å². The van der Waals surface area contributed by atoms with Gasteiger partial charge in [-0.3, -0.25) is 9.59 Å². The molecule has 1 aromatic carbocycles. The topological polar surface area (TPSA) is 91.0 Å². The number of pyridine rings is 1. The van der Waals surface area contributed by atoms with Gasteiger partial charge >= 0.3 is 0 Å². The number of hydrogen-bond donors (Lipinski definition) is 1. The lowest BCUT2D eigenvalue weighted by Crippen LogP contribution is -2.15. The number of aromatic nitrogens is 4. The fraction of sp³-hybridized carbons (Fsp3) is 0.222. The Morgan fingerprint density at radius 3 is 2.75 bits per heavy atom. The zero-order chi connectivity index (χ0) is 20.3. The second-order valence-corrected chi connectivity index (χ2v) is 7.29. The maximum absolute atomic E-state index is 12.3. The zero-order valence-corrected chi connectivity index (χ0v) is 17.0. The number of halogens is 1. The number of rotatable bonds is 6. The molecule has 0 saturated carbocycles. The SMILES string of the molecule is COc1ccc(Cl)cc1NC(=O)CSc1nnc(-c2ccc(=O)n(C)c2)n1C. The average molecular weight is 420 g/mol. The minimum atomic E-state index is -0.225. The van der Waals surface area contributed by atoms with E-state index < -0.39 is 0 Å². The summed E-state index contributed by atoms with van der Waals surface area (Å²) in [5, 5.41) is 12.2. The van der Waals surface area contributed by atoms with Gasteiger partial charge in [0.2, 0.25) is 11.5 Å². The Bertz CT molecular complexity index is 1080. The lowest BCUT2D eigenvalue weighted by molar-refractivity contribution is -0.113. The predicted molar refractivity (Wildman–Crippen MR) is 109 cm³/mol. The van der Waals surface area contributed by atoms with Crippen LogP contribution in [-0.2, 0) is 18.9 Å².